The van der Waals surface area contributed by atoms with Crippen LogP contribution >= 0.6 is 11.8 Å². The molecule has 1 saturated heterocycles. The average Bonchev–Trinajstić information content (AvgIpc) is 2.92. The zero-order valence-corrected chi connectivity index (χ0v) is 11.6. The molecule has 4 heteroatoms. The van der Waals surface area contributed by atoms with Crippen molar-refractivity contribution in [1.29, 1.82) is 0 Å². The summed E-state index contributed by atoms with van der Waals surface area (Å²) in [4.78, 5) is 4.32. The van der Waals surface area contributed by atoms with Gasteiger partial charge >= 0.3 is 0 Å². The van der Waals surface area contributed by atoms with Gasteiger partial charge in [-0.3, -0.25) is 0 Å². The smallest absolute Gasteiger partial charge is 0.0948 e. The van der Waals surface area contributed by atoms with E-state index in [-0.39, 0.29) is 0 Å². The van der Waals surface area contributed by atoms with Crippen LogP contribution in [0.3, 0.4) is 0 Å². The van der Waals surface area contributed by atoms with Crippen LogP contribution in [0.2, 0.25) is 0 Å². The summed E-state index contributed by atoms with van der Waals surface area (Å²) >= 11 is 2.07. The maximum atomic E-state index is 5.90. The molecule has 0 radical (unpaired) electrons. The molecule has 1 aliphatic rings. The topological polar surface area (TPSA) is 43.8 Å². The lowest BCUT2D eigenvalue weighted by Gasteiger charge is -2.22. The fourth-order valence-corrected chi connectivity index (χ4v) is 3.80. The van der Waals surface area contributed by atoms with Gasteiger partial charge in [-0.05, 0) is 29.8 Å². The Labute approximate surface area is 108 Å². The number of rotatable bonds is 5. The Balaban J connectivity index is 2.09. The number of imidazole rings is 1. The van der Waals surface area contributed by atoms with Gasteiger partial charge in [0.15, 0.2) is 0 Å². The molecule has 2 rings (SSSR count). The lowest BCUT2D eigenvalue weighted by molar-refractivity contribution is 0.434. The predicted octanol–water partition coefficient (Wildman–Crippen LogP) is 2.33. The van der Waals surface area contributed by atoms with E-state index in [0.717, 1.165) is 12.5 Å². The minimum Gasteiger partial charge on any atom is -0.334 e. The van der Waals surface area contributed by atoms with Crippen molar-refractivity contribution in [2.24, 2.45) is 17.6 Å². The van der Waals surface area contributed by atoms with Crippen LogP contribution in [-0.2, 0) is 6.54 Å². The van der Waals surface area contributed by atoms with Crippen molar-refractivity contribution in [3.63, 3.8) is 0 Å². The molecule has 0 saturated carbocycles. The summed E-state index contributed by atoms with van der Waals surface area (Å²) in [6.07, 6.45) is 5.32. The summed E-state index contributed by atoms with van der Waals surface area (Å²) in [5, 5.41) is 0. The highest BCUT2D eigenvalue weighted by atomic mass is 32.2. The van der Waals surface area contributed by atoms with Crippen molar-refractivity contribution in [3.05, 3.63) is 18.2 Å². The van der Waals surface area contributed by atoms with E-state index in [4.69, 9.17) is 5.73 Å². The van der Waals surface area contributed by atoms with E-state index in [1.807, 2.05) is 12.5 Å². The second kappa shape index (κ2) is 5.91. The van der Waals surface area contributed by atoms with Gasteiger partial charge in [0.05, 0.1) is 6.33 Å². The van der Waals surface area contributed by atoms with Gasteiger partial charge in [-0.2, -0.15) is 11.8 Å². The standard InChI is InChI=1S/C13H23N3S/c1-10(2)12(5-14)13-6-15-9-16(13)7-11-3-4-17-8-11/h6,9-12H,3-5,7-8,14H2,1-2H3. The molecule has 2 atom stereocenters. The highest BCUT2D eigenvalue weighted by molar-refractivity contribution is 7.99. The van der Waals surface area contributed by atoms with E-state index < -0.39 is 0 Å². The third-order valence-electron chi connectivity index (χ3n) is 3.66. The zero-order valence-electron chi connectivity index (χ0n) is 10.8. The first-order chi connectivity index (χ1) is 8.22. The van der Waals surface area contributed by atoms with Crippen LogP contribution in [-0.4, -0.2) is 27.6 Å². The summed E-state index contributed by atoms with van der Waals surface area (Å²) in [6, 6.07) is 0. The molecule has 3 nitrogen and oxygen atoms in total. The van der Waals surface area contributed by atoms with Crippen molar-refractivity contribution in [2.75, 3.05) is 18.1 Å². The highest BCUT2D eigenvalue weighted by Gasteiger charge is 2.21. The first kappa shape index (κ1) is 13.0. The normalized spacial score (nSPS) is 22.2. The largest absolute Gasteiger partial charge is 0.334 e. The van der Waals surface area contributed by atoms with Crippen molar-refractivity contribution < 1.29 is 0 Å². The van der Waals surface area contributed by atoms with E-state index in [2.05, 4.69) is 35.2 Å². The number of hydrogen-bond donors (Lipinski definition) is 1. The van der Waals surface area contributed by atoms with E-state index in [1.54, 1.807) is 0 Å². The summed E-state index contributed by atoms with van der Waals surface area (Å²) < 4.78 is 2.33. The molecule has 0 bridgehead atoms. The molecule has 1 aliphatic heterocycles. The Kier molecular flexibility index (Phi) is 4.51. The van der Waals surface area contributed by atoms with Gasteiger partial charge in [0.1, 0.15) is 0 Å². The maximum absolute atomic E-state index is 5.90. The molecule has 2 unspecified atom stereocenters. The molecular weight excluding hydrogens is 230 g/mol. The second-order valence-corrected chi connectivity index (χ2v) is 6.44. The molecule has 1 fully saturated rings. The van der Waals surface area contributed by atoms with Gasteiger partial charge in [-0.1, -0.05) is 13.8 Å². The molecule has 2 N–H and O–H groups in total. The Morgan fingerprint density at radius 2 is 2.41 bits per heavy atom. The zero-order chi connectivity index (χ0) is 12.3. The molecular formula is C13H23N3S. The lowest BCUT2D eigenvalue weighted by atomic mass is 9.92. The van der Waals surface area contributed by atoms with Crippen molar-refractivity contribution >= 4 is 11.8 Å². The fourth-order valence-electron chi connectivity index (χ4n) is 2.53. The third-order valence-corrected chi connectivity index (χ3v) is 4.89. The second-order valence-electron chi connectivity index (χ2n) is 5.29. The molecule has 0 spiro atoms. The molecule has 0 amide bonds. The van der Waals surface area contributed by atoms with Crippen LogP contribution < -0.4 is 5.73 Å². The van der Waals surface area contributed by atoms with Gasteiger partial charge in [0.25, 0.3) is 0 Å². The first-order valence-electron chi connectivity index (χ1n) is 6.50. The SMILES string of the molecule is CC(C)C(CN)c1cncn1CC1CCSC1. The van der Waals surface area contributed by atoms with Crippen molar-refractivity contribution in [2.45, 2.75) is 32.7 Å². The van der Waals surface area contributed by atoms with Crippen LogP contribution in [0.5, 0.6) is 0 Å². The van der Waals surface area contributed by atoms with Gasteiger partial charge in [0, 0.05) is 30.9 Å². The monoisotopic (exact) mass is 253 g/mol. The predicted molar refractivity (Wildman–Crippen MR) is 74.3 cm³/mol. The molecule has 96 valence electrons. The molecule has 0 aromatic carbocycles. The molecule has 17 heavy (non-hydrogen) atoms. The number of hydrogen-bond acceptors (Lipinski definition) is 3. The quantitative estimate of drug-likeness (QED) is 0.876. The van der Waals surface area contributed by atoms with E-state index in [0.29, 0.717) is 18.4 Å². The van der Waals surface area contributed by atoms with Crippen LogP contribution in [0.25, 0.3) is 0 Å². The number of nitrogens with two attached hydrogens (primary N) is 1. The Morgan fingerprint density at radius 3 is 3.00 bits per heavy atom. The van der Waals surface area contributed by atoms with Crippen molar-refractivity contribution in [3.8, 4) is 0 Å². The summed E-state index contributed by atoms with van der Waals surface area (Å²) in [6.45, 7) is 6.30. The molecule has 0 aliphatic carbocycles. The molecule has 2 heterocycles. The minimum atomic E-state index is 0.437. The number of aromatic nitrogens is 2. The Morgan fingerprint density at radius 1 is 1.59 bits per heavy atom. The number of nitrogens with zero attached hydrogens (tertiary/aromatic N) is 2. The van der Waals surface area contributed by atoms with E-state index >= 15 is 0 Å². The van der Waals surface area contributed by atoms with Crippen molar-refractivity contribution in [1.82, 2.24) is 9.55 Å². The van der Waals surface area contributed by atoms with Crippen LogP contribution in [0.4, 0.5) is 0 Å². The molecule has 1 aromatic rings. The minimum absolute atomic E-state index is 0.437. The summed E-state index contributed by atoms with van der Waals surface area (Å²) in [5.74, 6) is 4.45. The third kappa shape index (κ3) is 3.05. The average molecular weight is 253 g/mol. The fraction of sp³-hybridized carbons (Fsp3) is 0.769. The van der Waals surface area contributed by atoms with Gasteiger partial charge in [-0.15, -0.1) is 0 Å². The Hall–Kier alpha value is -0.480. The van der Waals surface area contributed by atoms with Crippen LogP contribution in [0.15, 0.2) is 12.5 Å². The maximum Gasteiger partial charge on any atom is 0.0948 e. The Bertz CT molecular complexity index is 342. The first-order valence-corrected chi connectivity index (χ1v) is 7.65. The lowest BCUT2D eigenvalue weighted by Crippen LogP contribution is -2.22. The van der Waals surface area contributed by atoms with Crippen LogP contribution in [0, 0.1) is 11.8 Å². The summed E-state index contributed by atoms with van der Waals surface area (Å²) in [5.41, 5.74) is 7.22. The van der Waals surface area contributed by atoms with E-state index in [1.165, 1.54) is 23.6 Å². The van der Waals surface area contributed by atoms with Gasteiger partial charge in [0.2, 0.25) is 0 Å². The van der Waals surface area contributed by atoms with Crippen LogP contribution in [0.1, 0.15) is 31.9 Å². The van der Waals surface area contributed by atoms with Gasteiger partial charge < -0.3 is 10.3 Å². The highest BCUT2D eigenvalue weighted by Crippen LogP contribution is 2.28. The molecule has 1 aromatic heterocycles. The van der Waals surface area contributed by atoms with Gasteiger partial charge in [-0.25, -0.2) is 4.98 Å². The van der Waals surface area contributed by atoms with E-state index in [9.17, 15) is 0 Å². The summed E-state index contributed by atoms with van der Waals surface area (Å²) in [7, 11) is 0. The number of thioether (sulfide) groups is 1.